The first-order chi connectivity index (χ1) is 9.64. The van der Waals surface area contributed by atoms with Gasteiger partial charge in [0.25, 0.3) is 0 Å². The summed E-state index contributed by atoms with van der Waals surface area (Å²) in [5, 5.41) is 12.5. The average molecular weight is 316 g/mol. The summed E-state index contributed by atoms with van der Waals surface area (Å²) in [4.78, 5) is 27.2. The highest BCUT2D eigenvalue weighted by Crippen LogP contribution is 2.25. The van der Waals surface area contributed by atoms with Crippen LogP contribution in [0.1, 0.15) is 41.0 Å². The molecule has 0 fully saturated rings. The van der Waals surface area contributed by atoms with Crippen LogP contribution in [0.2, 0.25) is 0 Å². The van der Waals surface area contributed by atoms with Crippen molar-refractivity contribution in [3.8, 4) is 0 Å². The fourth-order valence-corrected chi connectivity index (χ4v) is 3.02. The summed E-state index contributed by atoms with van der Waals surface area (Å²) in [5.74, 6) is -0.373. The Bertz CT molecular complexity index is 431. The number of rotatable bonds is 5. The molecule has 1 aliphatic heterocycles. The summed E-state index contributed by atoms with van der Waals surface area (Å²) in [6.45, 7) is 9.41. The number of alkyl carbamates (subject to hydrolysis) is 1. The van der Waals surface area contributed by atoms with Gasteiger partial charge in [0.15, 0.2) is 6.04 Å². The first kappa shape index (κ1) is 17.8. The maximum atomic E-state index is 11.9. The van der Waals surface area contributed by atoms with Gasteiger partial charge in [-0.25, -0.2) is 9.59 Å². The van der Waals surface area contributed by atoms with Crippen LogP contribution in [0.4, 0.5) is 4.79 Å². The number of ether oxygens (including phenoxy) is 1. The van der Waals surface area contributed by atoms with Gasteiger partial charge in [0.1, 0.15) is 5.60 Å². The molecule has 0 saturated heterocycles. The molecule has 0 radical (unpaired) electrons. The van der Waals surface area contributed by atoms with E-state index in [1.54, 1.807) is 20.8 Å². The first-order valence-electron chi connectivity index (χ1n) is 7.07. The number of hydrogen-bond acceptors (Lipinski definition) is 5. The Morgan fingerprint density at radius 3 is 2.57 bits per heavy atom. The smallest absolute Gasteiger partial charge is 0.408 e. The Balaban J connectivity index is 2.80. The van der Waals surface area contributed by atoms with E-state index in [-0.39, 0.29) is 12.0 Å². The molecule has 6 nitrogen and oxygen atoms in total. The maximum Gasteiger partial charge on any atom is 0.408 e. The van der Waals surface area contributed by atoms with Gasteiger partial charge in [-0.1, -0.05) is 20.3 Å². The number of nitrogens with one attached hydrogen (secondary N) is 1. The number of aliphatic imine (C=N–C) groups is 1. The third-order valence-electron chi connectivity index (χ3n) is 3.11. The van der Waals surface area contributed by atoms with Gasteiger partial charge in [0.05, 0.1) is 11.1 Å². The number of carboxylic acid groups (broad SMARTS) is 1. The Kier molecular flexibility index (Phi) is 6.07. The SMILES string of the molecule is CC[C@H](C)[C@H](NC(=O)OC(C)(C)C)C1=N[C@H](C(=O)O)CS1. The summed E-state index contributed by atoms with van der Waals surface area (Å²) >= 11 is 1.39. The van der Waals surface area contributed by atoms with Crippen molar-refractivity contribution in [2.24, 2.45) is 10.9 Å². The Morgan fingerprint density at radius 1 is 1.52 bits per heavy atom. The van der Waals surface area contributed by atoms with Gasteiger partial charge in [-0.05, 0) is 26.7 Å². The van der Waals surface area contributed by atoms with Gasteiger partial charge in [0, 0.05) is 5.75 Å². The van der Waals surface area contributed by atoms with E-state index in [2.05, 4.69) is 10.3 Å². The quantitative estimate of drug-likeness (QED) is 0.813. The molecule has 2 N–H and O–H groups in total. The van der Waals surface area contributed by atoms with E-state index in [1.165, 1.54) is 11.8 Å². The third-order valence-corrected chi connectivity index (χ3v) is 4.25. The lowest BCUT2D eigenvalue weighted by molar-refractivity contribution is -0.137. The number of aliphatic carboxylic acids is 1. The van der Waals surface area contributed by atoms with Crippen LogP contribution in [-0.4, -0.2) is 45.7 Å². The van der Waals surface area contributed by atoms with E-state index in [1.807, 2.05) is 13.8 Å². The monoisotopic (exact) mass is 316 g/mol. The minimum atomic E-state index is -0.933. The summed E-state index contributed by atoms with van der Waals surface area (Å²) in [6, 6.07) is -1.03. The van der Waals surface area contributed by atoms with Crippen LogP contribution in [0.3, 0.4) is 0 Å². The van der Waals surface area contributed by atoms with Crippen molar-refractivity contribution in [3.05, 3.63) is 0 Å². The molecule has 1 aliphatic rings. The number of amides is 1. The van der Waals surface area contributed by atoms with Crippen LogP contribution in [0.25, 0.3) is 0 Å². The van der Waals surface area contributed by atoms with Crippen LogP contribution >= 0.6 is 11.8 Å². The molecular formula is C14H24N2O4S. The zero-order valence-electron chi connectivity index (χ0n) is 13.2. The van der Waals surface area contributed by atoms with Crippen molar-refractivity contribution in [1.82, 2.24) is 5.32 Å². The second-order valence-electron chi connectivity index (χ2n) is 6.14. The predicted molar refractivity (Wildman–Crippen MR) is 83.9 cm³/mol. The molecule has 7 heteroatoms. The fraction of sp³-hybridized carbons (Fsp3) is 0.786. The highest BCUT2D eigenvalue weighted by Gasteiger charge is 2.33. The number of hydrogen-bond donors (Lipinski definition) is 2. The zero-order valence-corrected chi connectivity index (χ0v) is 14.0. The zero-order chi connectivity index (χ0) is 16.2. The molecule has 0 aliphatic carbocycles. The Hall–Kier alpha value is -1.24. The molecule has 0 aromatic carbocycles. The van der Waals surface area contributed by atoms with Crippen LogP contribution in [0.5, 0.6) is 0 Å². The largest absolute Gasteiger partial charge is 0.480 e. The molecule has 120 valence electrons. The molecule has 0 saturated carbocycles. The summed E-state index contributed by atoms with van der Waals surface area (Å²) < 4.78 is 5.27. The van der Waals surface area contributed by atoms with Crippen molar-refractivity contribution < 1.29 is 19.4 Å². The molecular weight excluding hydrogens is 292 g/mol. The second kappa shape index (κ2) is 7.15. The maximum absolute atomic E-state index is 11.9. The van der Waals surface area contributed by atoms with E-state index in [9.17, 15) is 9.59 Å². The number of thioether (sulfide) groups is 1. The number of nitrogens with zero attached hydrogens (tertiary/aromatic N) is 1. The first-order valence-corrected chi connectivity index (χ1v) is 8.05. The van der Waals surface area contributed by atoms with Crippen LogP contribution in [-0.2, 0) is 9.53 Å². The van der Waals surface area contributed by atoms with Crippen molar-refractivity contribution in [2.45, 2.75) is 58.7 Å². The second-order valence-corrected chi connectivity index (χ2v) is 7.18. The molecule has 21 heavy (non-hydrogen) atoms. The number of carbonyl (C=O) groups excluding carboxylic acids is 1. The minimum absolute atomic E-state index is 0.149. The van der Waals surface area contributed by atoms with E-state index < -0.39 is 23.7 Å². The number of carbonyl (C=O) groups is 2. The molecule has 0 aromatic heterocycles. The van der Waals surface area contributed by atoms with Gasteiger partial charge >= 0.3 is 12.1 Å². The Morgan fingerprint density at radius 2 is 2.14 bits per heavy atom. The summed E-state index contributed by atoms with van der Waals surface area (Å²) in [7, 11) is 0. The molecule has 0 unspecified atom stereocenters. The number of carboxylic acids is 1. The standard InChI is InChI=1S/C14H24N2O4S/c1-6-8(2)10(16-13(19)20-14(3,4)5)11-15-9(7-21-11)12(17)18/h8-10H,6-7H2,1-5H3,(H,16,19)(H,17,18)/t8-,9-,10-/m0/s1. The van der Waals surface area contributed by atoms with Crippen molar-refractivity contribution in [2.75, 3.05) is 5.75 Å². The normalized spacial score (nSPS) is 21.4. The Labute approximate surface area is 129 Å². The molecule has 0 spiro atoms. The van der Waals surface area contributed by atoms with Gasteiger partial charge < -0.3 is 15.2 Å². The third kappa shape index (κ3) is 5.57. The van der Waals surface area contributed by atoms with Gasteiger partial charge in [-0.3, -0.25) is 4.99 Å². The van der Waals surface area contributed by atoms with Gasteiger partial charge in [-0.15, -0.1) is 11.8 Å². The average Bonchev–Trinajstić information content (AvgIpc) is 2.82. The predicted octanol–water partition coefficient (Wildman–Crippen LogP) is 2.52. The molecule has 3 atom stereocenters. The molecule has 1 heterocycles. The van der Waals surface area contributed by atoms with Gasteiger partial charge in [0.2, 0.25) is 0 Å². The van der Waals surface area contributed by atoms with E-state index in [0.717, 1.165) is 6.42 Å². The van der Waals surface area contributed by atoms with Gasteiger partial charge in [-0.2, -0.15) is 0 Å². The molecule has 1 rings (SSSR count). The van der Waals surface area contributed by atoms with E-state index in [0.29, 0.717) is 10.8 Å². The van der Waals surface area contributed by atoms with Crippen molar-refractivity contribution in [1.29, 1.82) is 0 Å². The molecule has 0 bridgehead atoms. The molecule has 1 amide bonds. The lowest BCUT2D eigenvalue weighted by atomic mass is 10.00. The van der Waals surface area contributed by atoms with Crippen LogP contribution < -0.4 is 5.32 Å². The van der Waals surface area contributed by atoms with Crippen molar-refractivity contribution >= 4 is 28.9 Å². The van der Waals surface area contributed by atoms with E-state index >= 15 is 0 Å². The highest BCUT2D eigenvalue weighted by atomic mass is 32.2. The minimum Gasteiger partial charge on any atom is -0.480 e. The molecule has 0 aromatic rings. The summed E-state index contributed by atoms with van der Waals surface area (Å²) in [6.07, 6.45) is 0.340. The van der Waals surface area contributed by atoms with Crippen molar-refractivity contribution in [3.63, 3.8) is 0 Å². The van der Waals surface area contributed by atoms with Crippen LogP contribution in [0, 0.1) is 5.92 Å². The topological polar surface area (TPSA) is 88.0 Å². The lowest BCUT2D eigenvalue weighted by Crippen LogP contribution is -2.45. The summed E-state index contributed by atoms with van der Waals surface area (Å²) in [5.41, 5.74) is -0.571. The van der Waals surface area contributed by atoms with E-state index in [4.69, 9.17) is 9.84 Å². The fourth-order valence-electron chi connectivity index (χ4n) is 1.81. The van der Waals surface area contributed by atoms with Crippen LogP contribution in [0.15, 0.2) is 4.99 Å². The highest BCUT2D eigenvalue weighted by molar-refractivity contribution is 8.14. The lowest BCUT2D eigenvalue weighted by Gasteiger charge is -2.26.